The molecule has 2 heterocycles. The van der Waals surface area contributed by atoms with Crippen molar-refractivity contribution in [1.82, 2.24) is 9.88 Å². The van der Waals surface area contributed by atoms with Gasteiger partial charge in [0, 0.05) is 23.9 Å². The lowest BCUT2D eigenvalue weighted by Gasteiger charge is -2.33. The van der Waals surface area contributed by atoms with E-state index in [1.54, 1.807) is 35.0 Å². The van der Waals surface area contributed by atoms with Gasteiger partial charge in [-0.15, -0.1) is 11.8 Å². The number of thioether (sulfide) groups is 1. The Kier molecular flexibility index (Phi) is 9.48. The number of ether oxygens (including phenoxy) is 1. The molecule has 3 aliphatic rings. The monoisotopic (exact) mass is 634 g/mol. The summed E-state index contributed by atoms with van der Waals surface area (Å²) >= 11 is 3.08. The van der Waals surface area contributed by atoms with Crippen molar-refractivity contribution in [3.8, 4) is 0 Å². The zero-order valence-corrected chi connectivity index (χ0v) is 26.7. The van der Waals surface area contributed by atoms with Crippen molar-refractivity contribution < 1.29 is 27.6 Å². The van der Waals surface area contributed by atoms with Gasteiger partial charge in [0.05, 0.1) is 20.6 Å². The van der Waals surface area contributed by atoms with E-state index in [0.717, 1.165) is 42.7 Å². The molecule has 5 rings (SSSR count). The lowest BCUT2D eigenvalue weighted by molar-refractivity contribution is -0.110. The van der Waals surface area contributed by atoms with Crippen LogP contribution in [-0.4, -0.2) is 71.3 Å². The highest BCUT2D eigenvalue weighted by Gasteiger charge is 2.37. The standard InChI is InChI=1S/C29H38N4O6S3/c1-29(2,3)38-28(35)33-16-14-21(15-17-33)40-24-18-30-27(41-24)31-26(34)25(32-39-20-6-4-5-7-20)19-8-10-22(11-9-19)42(36,37)23-12-13-23/h8-11,18,20-21,23H,4-7,12-17H2,1-3H3,(H,30,31,34). The van der Waals surface area contributed by atoms with Gasteiger partial charge < -0.3 is 14.5 Å². The van der Waals surface area contributed by atoms with Crippen LogP contribution in [0.25, 0.3) is 0 Å². The van der Waals surface area contributed by atoms with E-state index in [-0.39, 0.29) is 28.1 Å². The Morgan fingerprint density at radius 3 is 2.33 bits per heavy atom. The number of carbonyl (C=O) groups is 2. The quantitative estimate of drug-likeness (QED) is 0.268. The van der Waals surface area contributed by atoms with E-state index in [4.69, 9.17) is 9.57 Å². The summed E-state index contributed by atoms with van der Waals surface area (Å²) in [6.07, 6.45) is 8.40. The molecule has 2 aliphatic carbocycles. The van der Waals surface area contributed by atoms with E-state index in [9.17, 15) is 18.0 Å². The summed E-state index contributed by atoms with van der Waals surface area (Å²) in [5, 5.41) is 7.55. The van der Waals surface area contributed by atoms with E-state index in [0.29, 0.717) is 41.9 Å². The van der Waals surface area contributed by atoms with Crippen LogP contribution in [0.4, 0.5) is 9.93 Å². The molecule has 0 radical (unpaired) electrons. The Bertz CT molecular complexity index is 1400. The van der Waals surface area contributed by atoms with Crippen LogP contribution < -0.4 is 5.32 Å². The third kappa shape index (κ3) is 8.04. The molecule has 228 valence electrons. The van der Waals surface area contributed by atoms with E-state index >= 15 is 0 Å². The molecule has 42 heavy (non-hydrogen) atoms. The molecule has 1 aromatic carbocycles. The fourth-order valence-electron chi connectivity index (χ4n) is 4.89. The molecule has 10 nitrogen and oxygen atoms in total. The normalized spacial score (nSPS) is 19.1. The number of nitrogens with one attached hydrogen (secondary N) is 1. The van der Waals surface area contributed by atoms with Crippen molar-refractivity contribution in [1.29, 1.82) is 0 Å². The van der Waals surface area contributed by atoms with Crippen LogP contribution in [0.5, 0.6) is 0 Å². The molecule has 2 aromatic rings. The molecule has 2 amide bonds. The van der Waals surface area contributed by atoms with Crippen molar-refractivity contribution in [3.05, 3.63) is 36.0 Å². The molecule has 3 fully saturated rings. The highest BCUT2D eigenvalue weighted by molar-refractivity contribution is 8.01. The van der Waals surface area contributed by atoms with Crippen LogP contribution in [0.2, 0.25) is 0 Å². The molecule has 2 saturated carbocycles. The smallest absolute Gasteiger partial charge is 0.410 e. The molecule has 0 atom stereocenters. The van der Waals surface area contributed by atoms with Gasteiger partial charge in [-0.25, -0.2) is 18.2 Å². The Labute approximate surface area is 255 Å². The zero-order valence-electron chi connectivity index (χ0n) is 24.2. The second-order valence-electron chi connectivity index (χ2n) is 11.9. The first-order valence-electron chi connectivity index (χ1n) is 14.5. The molecule has 1 aromatic heterocycles. The number of nitrogens with zero attached hydrogens (tertiary/aromatic N) is 3. The number of rotatable bonds is 9. The van der Waals surface area contributed by atoms with E-state index < -0.39 is 21.3 Å². The van der Waals surface area contributed by atoms with Crippen LogP contribution in [0, 0.1) is 0 Å². The van der Waals surface area contributed by atoms with Crippen LogP contribution in [0.15, 0.2) is 44.7 Å². The maximum absolute atomic E-state index is 13.4. The van der Waals surface area contributed by atoms with Crippen molar-refractivity contribution in [2.75, 3.05) is 18.4 Å². The number of hydrogen-bond donors (Lipinski definition) is 1. The molecule has 1 N–H and O–H groups in total. The van der Waals surface area contributed by atoms with E-state index in [2.05, 4.69) is 15.5 Å². The number of amides is 2. The summed E-state index contributed by atoms with van der Waals surface area (Å²) in [4.78, 5) is 37.9. The average Bonchev–Trinajstić information content (AvgIpc) is 3.53. The molecule has 1 aliphatic heterocycles. The fraction of sp³-hybridized carbons (Fsp3) is 0.586. The topological polar surface area (TPSA) is 127 Å². The first-order chi connectivity index (χ1) is 20.0. The Hall–Kier alpha value is -2.64. The first-order valence-corrected chi connectivity index (χ1v) is 17.7. The Balaban J connectivity index is 1.21. The first kappa shape index (κ1) is 30.8. The van der Waals surface area contributed by atoms with Crippen molar-refractivity contribution in [2.45, 2.75) is 103 Å². The molecular weight excluding hydrogens is 597 g/mol. The molecular formula is C29H38N4O6S3. The second-order valence-corrected chi connectivity index (χ2v) is 16.8. The van der Waals surface area contributed by atoms with Gasteiger partial charge in [0.25, 0.3) is 5.91 Å². The minimum Gasteiger partial charge on any atom is -0.444 e. The number of aromatic nitrogens is 1. The van der Waals surface area contributed by atoms with Gasteiger partial charge in [0.2, 0.25) is 0 Å². The van der Waals surface area contributed by atoms with Gasteiger partial charge >= 0.3 is 6.09 Å². The fourth-order valence-corrected chi connectivity index (χ4v) is 8.82. The highest BCUT2D eigenvalue weighted by Crippen LogP contribution is 2.36. The third-order valence-electron chi connectivity index (χ3n) is 7.31. The number of anilines is 1. The van der Waals surface area contributed by atoms with Crippen molar-refractivity contribution >= 4 is 55.8 Å². The van der Waals surface area contributed by atoms with E-state index in [1.807, 2.05) is 20.8 Å². The number of carbonyl (C=O) groups excluding carboxylic acids is 2. The number of sulfone groups is 1. The summed E-state index contributed by atoms with van der Waals surface area (Å²) in [6.45, 7) is 6.86. The second kappa shape index (κ2) is 12.9. The van der Waals surface area contributed by atoms with Gasteiger partial charge in [-0.05, 0) is 84.3 Å². The lowest BCUT2D eigenvalue weighted by atomic mass is 10.1. The number of thiazole rings is 1. The molecule has 1 saturated heterocycles. The SMILES string of the molecule is CC(C)(C)OC(=O)N1CCC(Sc2cnc(NC(=O)C(=NOC3CCCC3)c3ccc(S(=O)(=O)C4CC4)cc3)s2)CC1. The predicted molar refractivity (Wildman–Crippen MR) is 164 cm³/mol. The summed E-state index contributed by atoms with van der Waals surface area (Å²) in [5.74, 6) is -0.470. The predicted octanol–water partition coefficient (Wildman–Crippen LogP) is 5.87. The minimum atomic E-state index is -3.33. The number of likely N-dealkylation sites (tertiary alicyclic amines) is 1. The zero-order chi connectivity index (χ0) is 29.9. The van der Waals surface area contributed by atoms with Crippen LogP contribution in [0.1, 0.15) is 77.7 Å². The number of oxime groups is 1. The number of benzene rings is 1. The highest BCUT2D eigenvalue weighted by atomic mass is 32.2. The summed E-state index contributed by atoms with van der Waals surface area (Å²) in [6, 6.07) is 6.29. The van der Waals surface area contributed by atoms with Crippen LogP contribution in [0.3, 0.4) is 0 Å². The van der Waals surface area contributed by atoms with Gasteiger partial charge in [0.15, 0.2) is 20.7 Å². The Morgan fingerprint density at radius 2 is 1.71 bits per heavy atom. The third-order valence-corrected chi connectivity index (χ3v) is 12.0. The Morgan fingerprint density at radius 1 is 1.05 bits per heavy atom. The van der Waals surface area contributed by atoms with Crippen LogP contribution >= 0.6 is 23.1 Å². The van der Waals surface area contributed by atoms with E-state index in [1.165, 1.54) is 23.5 Å². The molecule has 13 heteroatoms. The maximum atomic E-state index is 13.4. The van der Waals surface area contributed by atoms with Gasteiger partial charge in [-0.2, -0.15) is 0 Å². The van der Waals surface area contributed by atoms with Crippen molar-refractivity contribution in [2.24, 2.45) is 5.16 Å². The average molecular weight is 635 g/mol. The van der Waals surface area contributed by atoms with Gasteiger partial charge in [-0.3, -0.25) is 10.1 Å². The maximum Gasteiger partial charge on any atom is 0.410 e. The minimum absolute atomic E-state index is 0.0353. The molecule has 0 unspecified atom stereocenters. The molecule has 0 spiro atoms. The molecule has 0 bridgehead atoms. The lowest BCUT2D eigenvalue weighted by Crippen LogP contribution is -2.42. The number of piperidine rings is 1. The number of hydrogen-bond acceptors (Lipinski definition) is 10. The summed E-state index contributed by atoms with van der Waals surface area (Å²) < 4.78 is 31.7. The van der Waals surface area contributed by atoms with Gasteiger partial charge in [-0.1, -0.05) is 28.6 Å². The van der Waals surface area contributed by atoms with Gasteiger partial charge in [0.1, 0.15) is 11.7 Å². The van der Waals surface area contributed by atoms with Crippen LogP contribution in [-0.2, 0) is 24.2 Å². The largest absolute Gasteiger partial charge is 0.444 e. The van der Waals surface area contributed by atoms with Crippen molar-refractivity contribution in [3.63, 3.8) is 0 Å². The summed E-state index contributed by atoms with van der Waals surface area (Å²) in [5.41, 5.74) is 0.0406. The summed E-state index contributed by atoms with van der Waals surface area (Å²) in [7, 11) is -3.33.